The van der Waals surface area contributed by atoms with Crippen LogP contribution in [0.1, 0.15) is 27.7 Å². The highest BCUT2D eigenvalue weighted by atomic mass is 16.2. The Labute approximate surface area is 84.8 Å². The first-order valence-corrected chi connectivity index (χ1v) is 4.69. The summed E-state index contributed by atoms with van der Waals surface area (Å²) in [6.45, 7) is 7.36. The number of nitrogens with one attached hydrogen (secondary N) is 2. The predicted molar refractivity (Wildman–Crippen MR) is 55.4 cm³/mol. The van der Waals surface area contributed by atoms with Crippen molar-refractivity contribution in [2.45, 2.75) is 39.8 Å². The van der Waals surface area contributed by atoms with Crippen molar-refractivity contribution < 1.29 is 9.59 Å². The Morgan fingerprint density at radius 3 is 1.43 bits per heavy atom. The van der Waals surface area contributed by atoms with E-state index in [9.17, 15) is 9.59 Å². The summed E-state index contributed by atoms with van der Waals surface area (Å²) in [5, 5.41) is 5.25. The molecule has 0 saturated heterocycles. The van der Waals surface area contributed by atoms with Crippen molar-refractivity contribution in [3.63, 3.8) is 0 Å². The molecule has 14 heavy (non-hydrogen) atoms. The van der Waals surface area contributed by atoms with Crippen molar-refractivity contribution in [3.8, 4) is 0 Å². The quantitative estimate of drug-likeness (QED) is 0.654. The van der Waals surface area contributed by atoms with E-state index in [4.69, 9.17) is 0 Å². The van der Waals surface area contributed by atoms with E-state index in [0.29, 0.717) is 0 Å². The minimum Gasteiger partial charge on any atom is -0.299 e. The maximum absolute atomic E-state index is 11.3. The molecule has 0 unspecified atom stereocenters. The van der Waals surface area contributed by atoms with Crippen LogP contribution in [0.25, 0.3) is 0 Å². The molecule has 0 fully saturated rings. The Morgan fingerprint density at radius 1 is 0.929 bits per heavy atom. The number of urea groups is 2. The normalized spacial score (nSPS) is 10.9. The lowest BCUT2D eigenvalue weighted by Gasteiger charge is -2.09. The van der Waals surface area contributed by atoms with Crippen LogP contribution >= 0.6 is 0 Å². The highest BCUT2D eigenvalue weighted by Crippen LogP contribution is 1.87. The average Bonchev–Trinajstić information content (AvgIpc) is 2.00. The molecule has 0 aliphatic rings. The first kappa shape index (κ1) is 12.9. The Hall–Kier alpha value is -1.10. The van der Waals surface area contributed by atoms with E-state index in [2.05, 4.69) is 10.6 Å². The summed E-state index contributed by atoms with van der Waals surface area (Å²) in [7, 11) is 1.44. The van der Waals surface area contributed by atoms with Crippen LogP contribution in [0, 0.1) is 0 Å². The summed E-state index contributed by atoms with van der Waals surface area (Å²) in [6, 6.07) is -0.732. The Balaban J connectivity index is 4.11. The fourth-order valence-electron chi connectivity index (χ4n) is 0.780. The number of amides is 4. The van der Waals surface area contributed by atoms with Crippen LogP contribution in [0.15, 0.2) is 0 Å². The number of carbonyl (C=O) groups is 2. The first-order chi connectivity index (χ1) is 6.34. The zero-order chi connectivity index (χ0) is 11.3. The third-order valence-corrected chi connectivity index (χ3v) is 1.43. The number of carbonyl (C=O) groups excluding carboxylic acids is 2. The third kappa shape index (κ3) is 4.81. The second-order valence-electron chi connectivity index (χ2n) is 3.77. The van der Waals surface area contributed by atoms with Crippen molar-refractivity contribution >= 4 is 12.1 Å². The van der Waals surface area contributed by atoms with E-state index < -0.39 is 12.1 Å². The van der Waals surface area contributed by atoms with E-state index in [0.717, 1.165) is 4.90 Å². The van der Waals surface area contributed by atoms with Crippen molar-refractivity contribution in [2.75, 3.05) is 7.05 Å². The van der Waals surface area contributed by atoms with Gasteiger partial charge < -0.3 is 0 Å². The standard InChI is InChI=1S/C9H19N3O2/c1-6(2)10-8(13)12(5)9(14)11-7(3)4/h6-7H,1-5H3,(H,10,13)(H,11,14)/q+1. The van der Waals surface area contributed by atoms with Crippen molar-refractivity contribution in [2.24, 2.45) is 0 Å². The summed E-state index contributed by atoms with van der Waals surface area (Å²) in [6.07, 6.45) is 0. The summed E-state index contributed by atoms with van der Waals surface area (Å²) >= 11 is 0. The fraction of sp³-hybridized carbons (Fsp3) is 0.778. The Morgan fingerprint density at radius 2 is 1.21 bits per heavy atom. The van der Waals surface area contributed by atoms with Gasteiger partial charge in [-0.15, -0.1) is 0 Å². The third-order valence-electron chi connectivity index (χ3n) is 1.43. The van der Waals surface area contributed by atoms with E-state index in [1.165, 1.54) is 7.05 Å². The number of hydrogen-bond acceptors (Lipinski definition) is 2. The van der Waals surface area contributed by atoms with Gasteiger partial charge in [-0.05, 0) is 27.7 Å². The summed E-state index contributed by atoms with van der Waals surface area (Å²) in [4.78, 5) is 23.7. The molecule has 0 heterocycles. The van der Waals surface area contributed by atoms with Gasteiger partial charge in [0.05, 0.1) is 0 Å². The molecule has 0 atom stereocenters. The zero-order valence-corrected chi connectivity index (χ0v) is 9.42. The molecule has 0 bridgehead atoms. The number of imide groups is 1. The second kappa shape index (κ2) is 5.59. The van der Waals surface area contributed by atoms with E-state index in [-0.39, 0.29) is 12.1 Å². The fourth-order valence-corrected chi connectivity index (χ4v) is 0.780. The lowest BCUT2D eigenvalue weighted by atomic mass is 10.4. The molecule has 81 valence electrons. The van der Waals surface area contributed by atoms with Gasteiger partial charge in [-0.25, -0.2) is 9.59 Å². The largest absolute Gasteiger partial charge is 0.474 e. The number of nitrogens with zero attached hydrogens (tertiary/aromatic N) is 1. The maximum Gasteiger partial charge on any atom is 0.474 e. The van der Waals surface area contributed by atoms with Gasteiger partial charge in [-0.2, -0.15) is 0 Å². The van der Waals surface area contributed by atoms with E-state index in [1.54, 1.807) is 0 Å². The van der Waals surface area contributed by atoms with Gasteiger partial charge in [-0.1, -0.05) is 0 Å². The highest BCUT2D eigenvalue weighted by Gasteiger charge is 2.30. The topological polar surface area (TPSA) is 64.1 Å². The van der Waals surface area contributed by atoms with Gasteiger partial charge >= 0.3 is 12.1 Å². The lowest BCUT2D eigenvalue weighted by Crippen LogP contribution is -2.53. The van der Waals surface area contributed by atoms with Crippen molar-refractivity contribution in [3.05, 3.63) is 0 Å². The smallest absolute Gasteiger partial charge is 0.299 e. The summed E-state index contributed by atoms with van der Waals surface area (Å²) in [5.74, 6) is 0. The van der Waals surface area contributed by atoms with Crippen molar-refractivity contribution in [1.29, 1.82) is 0 Å². The SMILES string of the molecule is CC(C)NC(=O)[N+](C)C(=O)NC(C)C. The number of hydrogen-bond donors (Lipinski definition) is 2. The second-order valence-corrected chi connectivity index (χ2v) is 3.77. The molecule has 1 radical (unpaired) electrons. The Bertz CT molecular complexity index is 192. The maximum atomic E-state index is 11.3. The zero-order valence-electron chi connectivity index (χ0n) is 9.42. The van der Waals surface area contributed by atoms with Gasteiger partial charge in [0.15, 0.2) is 0 Å². The molecule has 0 aliphatic carbocycles. The minimum atomic E-state index is -0.391. The highest BCUT2D eigenvalue weighted by molar-refractivity contribution is 5.96. The van der Waals surface area contributed by atoms with Gasteiger partial charge in [0.25, 0.3) is 0 Å². The molecule has 5 nitrogen and oxygen atoms in total. The Kier molecular flexibility index (Phi) is 5.15. The van der Waals surface area contributed by atoms with Gasteiger partial charge in [-0.3, -0.25) is 10.6 Å². The monoisotopic (exact) mass is 201 g/mol. The molecule has 5 heteroatoms. The van der Waals surface area contributed by atoms with Gasteiger partial charge in [0, 0.05) is 17.0 Å². The first-order valence-electron chi connectivity index (χ1n) is 4.69. The molecule has 2 N–H and O–H groups in total. The average molecular weight is 201 g/mol. The lowest BCUT2D eigenvalue weighted by molar-refractivity contribution is 0.209. The summed E-state index contributed by atoms with van der Waals surface area (Å²) in [5.41, 5.74) is 0. The molecular weight excluding hydrogens is 182 g/mol. The molecule has 4 amide bonds. The van der Waals surface area contributed by atoms with Crippen LogP contribution in [-0.4, -0.2) is 31.2 Å². The molecule has 0 aliphatic heterocycles. The van der Waals surface area contributed by atoms with Crippen molar-refractivity contribution in [1.82, 2.24) is 15.5 Å². The van der Waals surface area contributed by atoms with Crippen LogP contribution in [0.3, 0.4) is 0 Å². The molecule has 0 aromatic rings. The van der Waals surface area contributed by atoms with E-state index in [1.807, 2.05) is 27.7 Å². The molecule has 0 aromatic carbocycles. The van der Waals surface area contributed by atoms with Gasteiger partial charge in [0.1, 0.15) is 7.05 Å². The molecule has 0 rings (SSSR count). The predicted octanol–water partition coefficient (Wildman–Crippen LogP) is 0.992. The number of rotatable bonds is 2. The van der Waals surface area contributed by atoms with Crippen LogP contribution in [-0.2, 0) is 0 Å². The van der Waals surface area contributed by atoms with E-state index >= 15 is 0 Å². The van der Waals surface area contributed by atoms with Crippen LogP contribution in [0.4, 0.5) is 9.59 Å². The summed E-state index contributed by atoms with van der Waals surface area (Å²) < 4.78 is 0. The van der Waals surface area contributed by atoms with Gasteiger partial charge in [0.2, 0.25) is 0 Å². The molecule has 0 spiro atoms. The minimum absolute atomic E-state index is 0.0248. The van der Waals surface area contributed by atoms with Crippen LogP contribution in [0.5, 0.6) is 0 Å². The molecular formula is C9H19N3O2+. The molecule has 0 saturated carbocycles. The molecule has 0 aromatic heterocycles. The van der Waals surface area contributed by atoms with Crippen LogP contribution in [0.2, 0.25) is 0 Å². The van der Waals surface area contributed by atoms with Crippen LogP contribution < -0.4 is 15.5 Å².